The van der Waals surface area contributed by atoms with E-state index in [9.17, 15) is 22.8 Å². The van der Waals surface area contributed by atoms with Crippen LogP contribution in [0.1, 0.15) is 28.7 Å². The Balaban J connectivity index is 1.49. The fourth-order valence-electron chi connectivity index (χ4n) is 4.00. The average molecular weight is 496 g/mol. The van der Waals surface area contributed by atoms with Gasteiger partial charge in [0.15, 0.2) is 5.82 Å². The van der Waals surface area contributed by atoms with Crippen molar-refractivity contribution in [3.63, 3.8) is 0 Å². The molecule has 184 valence electrons. The molecule has 0 spiro atoms. The molecule has 0 unspecified atom stereocenters. The van der Waals surface area contributed by atoms with Crippen LogP contribution >= 0.6 is 0 Å². The number of para-hydroxylation sites is 1. The maximum Gasteiger partial charge on any atom is 0.418 e. The molecule has 12 heteroatoms. The Hall–Kier alpha value is -4.61. The van der Waals surface area contributed by atoms with Crippen molar-refractivity contribution in [3.05, 3.63) is 88.4 Å². The number of fused-ring (bicyclic) bond motifs is 3. The van der Waals surface area contributed by atoms with E-state index in [-0.39, 0.29) is 29.0 Å². The number of nitrogens with one attached hydrogen (secondary N) is 2. The summed E-state index contributed by atoms with van der Waals surface area (Å²) in [7, 11) is 0. The van der Waals surface area contributed by atoms with E-state index in [0.717, 1.165) is 6.07 Å². The Morgan fingerprint density at radius 1 is 1.11 bits per heavy atom. The summed E-state index contributed by atoms with van der Waals surface area (Å²) in [6.07, 6.45) is -2.21. The topological polar surface area (TPSA) is 106 Å². The first-order chi connectivity index (χ1) is 17.3. The number of aryl methyl sites for hydroxylation is 1. The summed E-state index contributed by atoms with van der Waals surface area (Å²) >= 11 is 0. The molecule has 36 heavy (non-hydrogen) atoms. The molecular formula is C24H19F3N6O3. The van der Waals surface area contributed by atoms with Crippen LogP contribution in [0.4, 0.5) is 24.5 Å². The number of aromatic nitrogens is 4. The minimum absolute atomic E-state index is 0.0232. The number of rotatable bonds is 6. The number of carbonyl (C=O) groups excluding carboxylic acids is 1. The third kappa shape index (κ3) is 4.06. The van der Waals surface area contributed by atoms with Gasteiger partial charge < -0.3 is 15.1 Å². The zero-order valence-corrected chi connectivity index (χ0v) is 18.8. The lowest BCUT2D eigenvalue weighted by Crippen LogP contribution is -2.23. The van der Waals surface area contributed by atoms with Gasteiger partial charge in [-0.1, -0.05) is 12.1 Å². The van der Waals surface area contributed by atoms with Gasteiger partial charge in [-0.2, -0.15) is 13.2 Å². The smallest absolute Gasteiger partial charge is 0.418 e. The number of benzene rings is 2. The molecule has 5 aromatic rings. The molecular weight excluding hydrogens is 477 g/mol. The Kier molecular flexibility index (Phi) is 5.71. The van der Waals surface area contributed by atoms with Crippen molar-refractivity contribution in [3.8, 4) is 0 Å². The SMILES string of the molecule is CCn1c(=O)c2ccccc2n2c(CNc3ccc(NC(=O)c4ccoc4)cc3C(F)(F)F)nnc12. The van der Waals surface area contributed by atoms with Crippen LogP contribution < -0.4 is 16.2 Å². The van der Waals surface area contributed by atoms with Crippen molar-refractivity contribution in [1.82, 2.24) is 19.2 Å². The molecule has 0 saturated heterocycles. The molecule has 3 aromatic heterocycles. The predicted octanol–water partition coefficient (Wildman–Crippen LogP) is 4.54. The summed E-state index contributed by atoms with van der Waals surface area (Å²) in [6, 6.07) is 11.8. The maximum absolute atomic E-state index is 13.9. The first-order valence-corrected chi connectivity index (χ1v) is 10.9. The predicted molar refractivity (Wildman–Crippen MR) is 126 cm³/mol. The second-order valence-electron chi connectivity index (χ2n) is 7.90. The van der Waals surface area contributed by atoms with Crippen molar-refractivity contribution in [2.24, 2.45) is 0 Å². The summed E-state index contributed by atoms with van der Waals surface area (Å²) < 4.78 is 49.6. The maximum atomic E-state index is 13.9. The van der Waals surface area contributed by atoms with E-state index in [2.05, 4.69) is 20.8 Å². The number of furan rings is 1. The normalized spacial score (nSPS) is 11.8. The minimum Gasteiger partial charge on any atom is -0.472 e. The third-order valence-electron chi connectivity index (χ3n) is 5.69. The van der Waals surface area contributed by atoms with Crippen LogP contribution in [-0.4, -0.2) is 25.1 Å². The van der Waals surface area contributed by atoms with Crippen LogP contribution in [0.15, 0.2) is 70.3 Å². The molecule has 9 nitrogen and oxygen atoms in total. The highest BCUT2D eigenvalue weighted by molar-refractivity contribution is 6.04. The van der Waals surface area contributed by atoms with Crippen molar-refractivity contribution in [2.75, 3.05) is 10.6 Å². The first-order valence-electron chi connectivity index (χ1n) is 10.9. The highest BCUT2D eigenvalue weighted by Gasteiger charge is 2.34. The number of nitrogens with zero attached hydrogens (tertiary/aromatic N) is 4. The van der Waals surface area contributed by atoms with Gasteiger partial charge in [0.1, 0.15) is 6.26 Å². The van der Waals surface area contributed by atoms with Gasteiger partial charge in [0, 0.05) is 17.9 Å². The summed E-state index contributed by atoms with van der Waals surface area (Å²) in [6.45, 7) is 2.05. The van der Waals surface area contributed by atoms with Gasteiger partial charge in [0.25, 0.3) is 11.5 Å². The average Bonchev–Trinajstić information content (AvgIpc) is 3.54. The Morgan fingerprint density at radius 2 is 1.92 bits per heavy atom. The van der Waals surface area contributed by atoms with Crippen LogP contribution in [0.5, 0.6) is 0 Å². The van der Waals surface area contributed by atoms with E-state index in [0.29, 0.717) is 29.0 Å². The van der Waals surface area contributed by atoms with E-state index in [4.69, 9.17) is 4.42 Å². The van der Waals surface area contributed by atoms with E-state index in [1.165, 1.54) is 35.3 Å². The third-order valence-corrected chi connectivity index (χ3v) is 5.69. The summed E-state index contributed by atoms with van der Waals surface area (Å²) in [5.41, 5.74) is -0.672. The second-order valence-corrected chi connectivity index (χ2v) is 7.90. The highest BCUT2D eigenvalue weighted by atomic mass is 19.4. The summed E-state index contributed by atoms with van der Waals surface area (Å²) in [5.74, 6) is 0.0292. The molecule has 0 radical (unpaired) electrons. The van der Waals surface area contributed by atoms with E-state index >= 15 is 0 Å². The van der Waals surface area contributed by atoms with Crippen LogP contribution in [0.25, 0.3) is 16.7 Å². The Bertz CT molecular complexity index is 1640. The van der Waals surface area contributed by atoms with Gasteiger partial charge in [-0.15, -0.1) is 10.2 Å². The molecule has 0 aliphatic heterocycles. The highest BCUT2D eigenvalue weighted by Crippen LogP contribution is 2.37. The molecule has 5 rings (SSSR count). The van der Waals surface area contributed by atoms with E-state index in [1.54, 1.807) is 35.6 Å². The molecule has 0 saturated carbocycles. The second kappa shape index (κ2) is 8.87. The van der Waals surface area contributed by atoms with Crippen molar-refractivity contribution in [1.29, 1.82) is 0 Å². The molecule has 0 aliphatic carbocycles. The molecule has 3 heterocycles. The minimum atomic E-state index is -4.69. The number of carbonyl (C=O) groups is 1. The zero-order chi connectivity index (χ0) is 25.4. The molecule has 1 amide bonds. The largest absolute Gasteiger partial charge is 0.472 e. The number of hydrogen-bond acceptors (Lipinski definition) is 6. The van der Waals surface area contributed by atoms with Gasteiger partial charge in [0.2, 0.25) is 5.78 Å². The fourth-order valence-corrected chi connectivity index (χ4v) is 4.00. The number of alkyl halides is 3. The number of hydrogen-bond donors (Lipinski definition) is 2. The van der Waals surface area contributed by atoms with Gasteiger partial charge in [0.05, 0.1) is 34.8 Å². The van der Waals surface area contributed by atoms with Crippen LogP contribution in [0, 0.1) is 0 Å². The lowest BCUT2D eigenvalue weighted by atomic mass is 10.1. The monoisotopic (exact) mass is 496 g/mol. The zero-order valence-electron chi connectivity index (χ0n) is 18.8. The van der Waals surface area contributed by atoms with Crippen LogP contribution in [0.2, 0.25) is 0 Å². The fraction of sp³-hybridized carbons (Fsp3) is 0.167. The molecule has 0 aliphatic rings. The van der Waals surface area contributed by atoms with Crippen molar-refractivity contribution < 1.29 is 22.4 Å². The van der Waals surface area contributed by atoms with Gasteiger partial charge in [-0.3, -0.25) is 18.6 Å². The molecule has 0 bridgehead atoms. The summed E-state index contributed by atoms with van der Waals surface area (Å²) in [5, 5.41) is 13.9. The number of halogens is 3. The van der Waals surface area contributed by atoms with Crippen molar-refractivity contribution in [2.45, 2.75) is 26.2 Å². The van der Waals surface area contributed by atoms with Crippen LogP contribution in [-0.2, 0) is 19.3 Å². The lowest BCUT2D eigenvalue weighted by molar-refractivity contribution is -0.136. The van der Waals surface area contributed by atoms with E-state index in [1.807, 2.05) is 0 Å². The molecule has 0 atom stereocenters. The Labute approximate surface area is 201 Å². The quantitative estimate of drug-likeness (QED) is 0.358. The molecule has 2 N–H and O–H groups in total. The van der Waals surface area contributed by atoms with Gasteiger partial charge >= 0.3 is 6.18 Å². The van der Waals surface area contributed by atoms with Gasteiger partial charge in [-0.05, 0) is 43.3 Å². The Morgan fingerprint density at radius 3 is 2.64 bits per heavy atom. The van der Waals surface area contributed by atoms with E-state index < -0.39 is 17.6 Å². The lowest BCUT2D eigenvalue weighted by Gasteiger charge is -2.16. The standard InChI is InChI=1S/C24H19F3N6O3/c1-2-32-22(35)16-5-3-4-6-19(16)33-20(30-31-23(32)33)12-28-18-8-7-15(11-17(18)24(25,26)27)29-21(34)14-9-10-36-13-14/h3-11,13,28H,2,12H2,1H3,(H,29,34). The number of amides is 1. The molecule has 0 fully saturated rings. The van der Waals surface area contributed by atoms with Crippen molar-refractivity contribution >= 4 is 34.0 Å². The summed E-state index contributed by atoms with van der Waals surface area (Å²) in [4.78, 5) is 25.0. The molecule has 2 aromatic carbocycles. The van der Waals surface area contributed by atoms with Gasteiger partial charge in [-0.25, -0.2) is 0 Å². The first kappa shape index (κ1) is 23.1. The number of anilines is 2. The van der Waals surface area contributed by atoms with Crippen LogP contribution in [0.3, 0.4) is 0 Å².